The van der Waals surface area contributed by atoms with Crippen LogP contribution < -0.4 is 15.4 Å². The van der Waals surface area contributed by atoms with E-state index in [2.05, 4.69) is 5.32 Å². The van der Waals surface area contributed by atoms with Gasteiger partial charge in [0, 0.05) is 19.9 Å². The molecule has 0 aromatic heterocycles. The number of ether oxygens (including phenoxy) is 2. The minimum Gasteiger partial charge on any atom is -0.497 e. The molecule has 7 nitrogen and oxygen atoms in total. The predicted octanol–water partition coefficient (Wildman–Crippen LogP) is 2.14. The van der Waals surface area contributed by atoms with Crippen molar-refractivity contribution in [2.24, 2.45) is 0 Å². The number of methoxy groups -OCH3 is 1. The first-order valence-electron chi connectivity index (χ1n) is 9.24. The van der Waals surface area contributed by atoms with Crippen molar-refractivity contribution < 1.29 is 37.0 Å². The molecule has 2 rings (SSSR count). The van der Waals surface area contributed by atoms with Crippen LogP contribution in [0.4, 0.5) is 13.2 Å². The highest BCUT2D eigenvalue weighted by Crippen LogP contribution is 2.43. The summed E-state index contributed by atoms with van der Waals surface area (Å²) in [6.07, 6.45) is -3.66. The van der Waals surface area contributed by atoms with Crippen LogP contribution in [0.5, 0.6) is 5.75 Å². The second-order valence-electron chi connectivity index (χ2n) is 6.67. The molecule has 1 aromatic carbocycles. The monoisotopic (exact) mass is 428 g/mol. The van der Waals surface area contributed by atoms with E-state index in [-0.39, 0.29) is 37.5 Å². The van der Waals surface area contributed by atoms with Crippen LogP contribution in [-0.4, -0.2) is 49.8 Å². The number of hydrogen-bond acceptors (Lipinski definition) is 5. The van der Waals surface area contributed by atoms with Gasteiger partial charge >= 0.3 is 18.1 Å². The number of benzene rings is 1. The van der Waals surface area contributed by atoms with Crippen molar-refractivity contribution in [3.05, 3.63) is 35.4 Å². The number of rotatable bonds is 7. The first kappa shape index (κ1) is 23.2. The third kappa shape index (κ3) is 4.92. The minimum atomic E-state index is -5.19. The van der Waals surface area contributed by atoms with Gasteiger partial charge in [-0.1, -0.05) is 12.1 Å². The van der Waals surface area contributed by atoms with Crippen molar-refractivity contribution >= 4 is 23.4 Å². The molecule has 0 fully saturated rings. The van der Waals surface area contributed by atoms with Gasteiger partial charge in [0.05, 0.1) is 13.7 Å². The van der Waals surface area contributed by atoms with Gasteiger partial charge in [-0.05, 0) is 42.2 Å². The Labute approximate surface area is 171 Å². The Morgan fingerprint density at radius 2 is 1.97 bits per heavy atom. The van der Waals surface area contributed by atoms with E-state index in [0.29, 0.717) is 16.9 Å². The molecule has 0 heterocycles. The van der Waals surface area contributed by atoms with Crippen LogP contribution in [0, 0.1) is 0 Å². The number of halogens is 3. The van der Waals surface area contributed by atoms with Crippen LogP contribution in [0.15, 0.2) is 24.3 Å². The summed E-state index contributed by atoms with van der Waals surface area (Å²) in [5.41, 5.74) is -0.848. The molecule has 30 heavy (non-hydrogen) atoms. The van der Waals surface area contributed by atoms with Crippen LogP contribution in [-0.2, 0) is 25.5 Å². The Balaban J connectivity index is 2.56. The summed E-state index contributed by atoms with van der Waals surface area (Å²) in [4.78, 5) is 35.8. The van der Waals surface area contributed by atoms with Gasteiger partial charge in [0.1, 0.15) is 5.75 Å². The highest BCUT2D eigenvalue weighted by molar-refractivity contribution is 6.05. The fourth-order valence-corrected chi connectivity index (χ4v) is 3.33. The second kappa shape index (κ2) is 9.19. The number of hydrogen-bond donors (Lipinski definition) is 2. The molecule has 1 aromatic rings. The van der Waals surface area contributed by atoms with Gasteiger partial charge in [-0.3, -0.25) is 9.59 Å². The lowest BCUT2D eigenvalue weighted by atomic mass is 9.89. The molecular formula is C20H23F3N2O5. The maximum atomic E-state index is 13.0. The lowest BCUT2D eigenvalue weighted by Crippen LogP contribution is -2.58. The van der Waals surface area contributed by atoms with Crippen molar-refractivity contribution in [1.82, 2.24) is 10.6 Å². The highest BCUT2D eigenvalue weighted by Gasteiger charge is 2.54. The van der Waals surface area contributed by atoms with Gasteiger partial charge < -0.3 is 20.1 Å². The molecule has 0 aliphatic heterocycles. The van der Waals surface area contributed by atoms with Crippen LogP contribution >= 0.6 is 0 Å². The van der Waals surface area contributed by atoms with Crippen molar-refractivity contribution in [2.45, 2.75) is 38.4 Å². The molecule has 0 saturated carbocycles. The molecule has 2 amide bonds. The number of carbonyl (C=O) groups excluding carboxylic acids is 3. The summed E-state index contributed by atoms with van der Waals surface area (Å²) in [6.45, 7) is 2.97. The Hall–Kier alpha value is -3.04. The normalized spacial score (nSPS) is 19.2. The summed E-state index contributed by atoms with van der Waals surface area (Å²) < 4.78 is 49.3. The molecule has 1 unspecified atom stereocenters. The SMILES string of the molecule is CCOC(=O)C1(NC(=O)C(F)(F)F)Cc2cc(OC)ccc2C1=CCCNC(C)=O. The smallest absolute Gasteiger partial charge is 0.471 e. The molecule has 0 bridgehead atoms. The summed E-state index contributed by atoms with van der Waals surface area (Å²) in [6, 6.07) is 4.81. The molecule has 0 saturated heterocycles. The molecule has 2 N–H and O–H groups in total. The Morgan fingerprint density at radius 1 is 1.27 bits per heavy atom. The van der Waals surface area contributed by atoms with E-state index in [9.17, 15) is 27.6 Å². The van der Waals surface area contributed by atoms with E-state index in [1.807, 2.05) is 5.32 Å². The van der Waals surface area contributed by atoms with Gasteiger partial charge in [-0.2, -0.15) is 13.2 Å². The molecule has 1 aliphatic rings. The Morgan fingerprint density at radius 3 is 2.53 bits per heavy atom. The Kier molecular flexibility index (Phi) is 7.12. The molecule has 1 atom stereocenters. The van der Waals surface area contributed by atoms with Crippen LogP contribution in [0.3, 0.4) is 0 Å². The summed E-state index contributed by atoms with van der Waals surface area (Å²) >= 11 is 0. The lowest BCUT2D eigenvalue weighted by Gasteiger charge is -2.30. The first-order chi connectivity index (χ1) is 14.0. The fraction of sp³-hybridized carbons (Fsp3) is 0.450. The fourth-order valence-electron chi connectivity index (χ4n) is 3.33. The molecule has 1 aliphatic carbocycles. The minimum absolute atomic E-state index is 0.0820. The van der Waals surface area contributed by atoms with Gasteiger partial charge in [-0.25, -0.2) is 4.79 Å². The number of nitrogens with one attached hydrogen (secondary N) is 2. The zero-order valence-electron chi connectivity index (χ0n) is 16.8. The molecule has 0 radical (unpaired) electrons. The third-order valence-electron chi connectivity index (χ3n) is 4.59. The van der Waals surface area contributed by atoms with Crippen LogP contribution in [0.25, 0.3) is 5.57 Å². The maximum absolute atomic E-state index is 13.0. The quantitative estimate of drug-likeness (QED) is 0.513. The van der Waals surface area contributed by atoms with E-state index in [1.54, 1.807) is 18.2 Å². The van der Waals surface area contributed by atoms with E-state index in [1.165, 1.54) is 27.0 Å². The second-order valence-corrected chi connectivity index (χ2v) is 6.67. The lowest BCUT2D eigenvalue weighted by molar-refractivity contribution is -0.177. The summed E-state index contributed by atoms with van der Waals surface area (Å²) in [7, 11) is 1.44. The van der Waals surface area contributed by atoms with E-state index < -0.39 is 23.6 Å². The van der Waals surface area contributed by atoms with Crippen molar-refractivity contribution in [1.29, 1.82) is 0 Å². The number of amides is 2. The third-order valence-corrected chi connectivity index (χ3v) is 4.59. The molecule has 10 heteroatoms. The molecule has 0 spiro atoms. The number of alkyl halides is 3. The maximum Gasteiger partial charge on any atom is 0.471 e. The standard InChI is InChI=1S/C20H23F3N2O5/c1-4-30-18(28)19(25-17(27)20(21,22)23)11-13-10-14(29-3)7-8-15(13)16(19)6-5-9-24-12(2)26/h6-8,10H,4-5,9,11H2,1-3H3,(H,24,26)(H,25,27). The average molecular weight is 428 g/mol. The highest BCUT2D eigenvalue weighted by atomic mass is 19.4. The topological polar surface area (TPSA) is 93.7 Å². The Bertz CT molecular complexity index is 866. The number of esters is 1. The zero-order chi connectivity index (χ0) is 22.5. The van der Waals surface area contributed by atoms with Gasteiger partial charge in [0.25, 0.3) is 0 Å². The van der Waals surface area contributed by atoms with Crippen molar-refractivity contribution in [3.8, 4) is 5.75 Å². The van der Waals surface area contributed by atoms with Crippen molar-refractivity contribution in [2.75, 3.05) is 20.3 Å². The van der Waals surface area contributed by atoms with Gasteiger partial charge in [0.15, 0.2) is 5.54 Å². The summed E-state index contributed by atoms with van der Waals surface area (Å²) in [5, 5.41) is 4.44. The van der Waals surface area contributed by atoms with Gasteiger partial charge in [0.2, 0.25) is 5.91 Å². The number of fused-ring (bicyclic) bond motifs is 1. The first-order valence-corrected chi connectivity index (χ1v) is 9.24. The van der Waals surface area contributed by atoms with Gasteiger partial charge in [-0.15, -0.1) is 0 Å². The van der Waals surface area contributed by atoms with Crippen LogP contribution in [0.2, 0.25) is 0 Å². The van der Waals surface area contributed by atoms with E-state index in [4.69, 9.17) is 9.47 Å². The molecule has 164 valence electrons. The van der Waals surface area contributed by atoms with Crippen molar-refractivity contribution in [3.63, 3.8) is 0 Å². The average Bonchev–Trinajstić information content (AvgIpc) is 2.97. The van der Waals surface area contributed by atoms with E-state index in [0.717, 1.165) is 0 Å². The predicted molar refractivity (Wildman–Crippen MR) is 102 cm³/mol. The van der Waals surface area contributed by atoms with E-state index >= 15 is 0 Å². The number of carbonyl (C=O) groups is 3. The van der Waals surface area contributed by atoms with Crippen LogP contribution in [0.1, 0.15) is 31.4 Å². The zero-order valence-corrected chi connectivity index (χ0v) is 16.8. The largest absolute Gasteiger partial charge is 0.497 e. The summed E-state index contributed by atoms with van der Waals surface area (Å²) in [5.74, 6) is -3.06. The molecular weight excluding hydrogens is 405 g/mol.